The molecule has 0 radical (unpaired) electrons. The van der Waals surface area contributed by atoms with Gasteiger partial charge in [-0.1, -0.05) is 19.8 Å². The molecule has 1 unspecified atom stereocenters. The van der Waals surface area contributed by atoms with E-state index in [0.717, 1.165) is 11.8 Å². The van der Waals surface area contributed by atoms with Crippen LogP contribution in [0.1, 0.15) is 47.0 Å². The topological polar surface area (TPSA) is 12.0 Å². The normalized spacial score (nSPS) is 21.0. The Hall–Kier alpha value is -0.0400. The highest BCUT2D eigenvalue weighted by Crippen LogP contribution is 2.35. The van der Waals surface area contributed by atoms with E-state index in [1.54, 1.807) is 0 Å². The first-order chi connectivity index (χ1) is 5.47. The van der Waals surface area contributed by atoms with E-state index in [0.29, 0.717) is 0 Å². The standard InChI is InChI=1S/C11H23N/c1-9(7-10-5-6-10)8-12-11(2,3)4/h9-10,12H,5-8H2,1-4H3. The Morgan fingerprint density at radius 2 is 1.92 bits per heavy atom. The zero-order chi connectivity index (χ0) is 9.19. The third kappa shape index (κ3) is 4.76. The summed E-state index contributed by atoms with van der Waals surface area (Å²) in [4.78, 5) is 0. The zero-order valence-electron chi connectivity index (χ0n) is 8.98. The summed E-state index contributed by atoms with van der Waals surface area (Å²) in [7, 11) is 0. The van der Waals surface area contributed by atoms with Crippen molar-refractivity contribution in [3.63, 3.8) is 0 Å². The van der Waals surface area contributed by atoms with E-state index >= 15 is 0 Å². The summed E-state index contributed by atoms with van der Waals surface area (Å²) in [5.74, 6) is 1.93. The van der Waals surface area contributed by atoms with Gasteiger partial charge in [0.2, 0.25) is 0 Å². The summed E-state index contributed by atoms with van der Waals surface area (Å²) in [6.07, 6.45) is 4.41. The Labute approximate surface area is 76.9 Å². The molecule has 0 spiro atoms. The molecule has 1 aliphatic carbocycles. The second kappa shape index (κ2) is 3.78. The molecule has 1 aliphatic rings. The van der Waals surface area contributed by atoms with Crippen molar-refractivity contribution in [2.75, 3.05) is 6.54 Å². The largest absolute Gasteiger partial charge is 0.312 e. The van der Waals surface area contributed by atoms with Gasteiger partial charge < -0.3 is 5.32 Å². The van der Waals surface area contributed by atoms with E-state index in [4.69, 9.17) is 0 Å². The van der Waals surface area contributed by atoms with E-state index < -0.39 is 0 Å². The fourth-order valence-corrected chi connectivity index (χ4v) is 1.49. The zero-order valence-corrected chi connectivity index (χ0v) is 8.98. The quantitative estimate of drug-likeness (QED) is 0.682. The number of hydrogen-bond acceptors (Lipinski definition) is 1. The molecule has 0 aromatic carbocycles. The molecule has 0 heterocycles. The number of hydrogen-bond donors (Lipinski definition) is 1. The van der Waals surface area contributed by atoms with Crippen LogP contribution in [-0.4, -0.2) is 12.1 Å². The van der Waals surface area contributed by atoms with Crippen LogP contribution in [0.2, 0.25) is 0 Å². The van der Waals surface area contributed by atoms with Gasteiger partial charge in [0.25, 0.3) is 0 Å². The Balaban J connectivity index is 2.04. The van der Waals surface area contributed by atoms with Crippen LogP contribution in [0, 0.1) is 11.8 Å². The lowest BCUT2D eigenvalue weighted by atomic mass is 10.0. The van der Waals surface area contributed by atoms with Gasteiger partial charge in [0, 0.05) is 5.54 Å². The van der Waals surface area contributed by atoms with Crippen molar-refractivity contribution in [3.05, 3.63) is 0 Å². The fraction of sp³-hybridized carbons (Fsp3) is 1.00. The van der Waals surface area contributed by atoms with Crippen LogP contribution in [0.15, 0.2) is 0 Å². The van der Waals surface area contributed by atoms with E-state index in [2.05, 4.69) is 33.0 Å². The minimum atomic E-state index is 0.289. The van der Waals surface area contributed by atoms with Gasteiger partial charge in [-0.25, -0.2) is 0 Å². The van der Waals surface area contributed by atoms with Gasteiger partial charge in [0.1, 0.15) is 0 Å². The summed E-state index contributed by atoms with van der Waals surface area (Å²) in [5.41, 5.74) is 0.289. The maximum atomic E-state index is 3.55. The summed E-state index contributed by atoms with van der Waals surface area (Å²) in [6, 6.07) is 0. The number of nitrogens with one attached hydrogen (secondary N) is 1. The van der Waals surface area contributed by atoms with Gasteiger partial charge in [-0.05, 0) is 45.6 Å². The Morgan fingerprint density at radius 3 is 2.33 bits per heavy atom. The smallest absolute Gasteiger partial charge is 0.00966 e. The third-order valence-corrected chi connectivity index (χ3v) is 2.41. The van der Waals surface area contributed by atoms with Crippen molar-refractivity contribution in [1.29, 1.82) is 0 Å². The molecule has 72 valence electrons. The minimum absolute atomic E-state index is 0.289. The highest BCUT2D eigenvalue weighted by Gasteiger charge is 2.23. The van der Waals surface area contributed by atoms with Gasteiger partial charge in [0.05, 0.1) is 0 Å². The van der Waals surface area contributed by atoms with E-state index in [-0.39, 0.29) is 5.54 Å². The average Bonchev–Trinajstić information content (AvgIpc) is 2.66. The van der Waals surface area contributed by atoms with E-state index in [9.17, 15) is 0 Å². The molecular weight excluding hydrogens is 146 g/mol. The summed E-state index contributed by atoms with van der Waals surface area (Å²) >= 11 is 0. The van der Waals surface area contributed by atoms with Gasteiger partial charge in [-0.2, -0.15) is 0 Å². The fourth-order valence-electron chi connectivity index (χ4n) is 1.49. The maximum absolute atomic E-state index is 3.55. The van der Waals surface area contributed by atoms with Crippen molar-refractivity contribution in [1.82, 2.24) is 5.32 Å². The first-order valence-corrected chi connectivity index (χ1v) is 5.22. The minimum Gasteiger partial charge on any atom is -0.312 e. The summed E-state index contributed by atoms with van der Waals surface area (Å²) in [6.45, 7) is 10.2. The molecule has 0 amide bonds. The van der Waals surface area contributed by atoms with Crippen LogP contribution in [0.4, 0.5) is 0 Å². The Bertz CT molecular complexity index is 130. The molecule has 1 nitrogen and oxygen atoms in total. The second-order valence-electron chi connectivity index (χ2n) is 5.42. The van der Waals surface area contributed by atoms with Crippen LogP contribution in [0.25, 0.3) is 0 Å². The lowest BCUT2D eigenvalue weighted by Crippen LogP contribution is -2.38. The highest BCUT2D eigenvalue weighted by atomic mass is 14.9. The SMILES string of the molecule is CC(CNC(C)(C)C)CC1CC1. The predicted molar refractivity (Wildman–Crippen MR) is 54.3 cm³/mol. The summed E-state index contributed by atoms with van der Waals surface area (Å²) in [5, 5.41) is 3.55. The van der Waals surface area contributed by atoms with Crippen molar-refractivity contribution < 1.29 is 0 Å². The lowest BCUT2D eigenvalue weighted by molar-refractivity contribution is 0.364. The van der Waals surface area contributed by atoms with Gasteiger partial charge in [-0.3, -0.25) is 0 Å². The molecule has 0 aromatic rings. The molecule has 0 aliphatic heterocycles. The van der Waals surface area contributed by atoms with Crippen LogP contribution in [-0.2, 0) is 0 Å². The molecular formula is C11H23N. The van der Waals surface area contributed by atoms with E-state index in [1.807, 2.05) is 0 Å². The molecule has 1 fully saturated rings. The highest BCUT2D eigenvalue weighted by molar-refractivity contribution is 4.78. The molecule has 1 N–H and O–H groups in total. The summed E-state index contributed by atoms with van der Waals surface area (Å²) < 4.78 is 0. The molecule has 1 rings (SSSR count). The average molecular weight is 169 g/mol. The molecule has 1 atom stereocenters. The first kappa shape index (κ1) is 10.0. The van der Waals surface area contributed by atoms with Gasteiger partial charge in [-0.15, -0.1) is 0 Å². The molecule has 1 saturated carbocycles. The van der Waals surface area contributed by atoms with E-state index in [1.165, 1.54) is 25.8 Å². The first-order valence-electron chi connectivity index (χ1n) is 5.22. The second-order valence-corrected chi connectivity index (χ2v) is 5.42. The predicted octanol–water partition coefficient (Wildman–Crippen LogP) is 2.81. The van der Waals surface area contributed by atoms with Crippen LogP contribution < -0.4 is 5.32 Å². The third-order valence-electron chi connectivity index (χ3n) is 2.41. The molecule has 12 heavy (non-hydrogen) atoms. The maximum Gasteiger partial charge on any atom is 0.00966 e. The number of rotatable bonds is 4. The van der Waals surface area contributed by atoms with Crippen molar-refractivity contribution in [2.24, 2.45) is 11.8 Å². The van der Waals surface area contributed by atoms with Gasteiger partial charge in [0.15, 0.2) is 0 Å². The molecule has 0 aromatic heterocycles. The van der Waals surface area contributed by atoms with Crippen molar-refractivity contribution in [3.8, 4) is 0 Å². The van der Waals surface area contributed by atoms with Crippen LogP contribution >= 0.6 is 0 Å². The van der Waals surface area contributed by atoms with Gasteiger partial charge >= 0.3 is 0 Å². The lowest BCUT2D eigenvalue weighted by Gasteiger charge is -2.23. The van der Waals surface area contributed by atoms with Crippen LogP contribution in [0.3, 0.4) is 0 Å². The molecule has 0 saturated heterocycles. The monoisotopic (exact) mass is 169 g/mol. The van der Waals surface area contributed by atoms with Crippen molar-refractivity contribution >= 4 is 0 Å². The molecule has 1 heteroatoms. The Kier molecular flexibility index (Phi) is 3.16. The molecule has 0 bridgehead atoms. The van der Waals surface area contributed by atoms with Crippen LogP contribution in [0.5, 0.6) is 0 Å². The Morgan fingerprint density at radius 1 is 1.33 bits per heavy atom. The van der Waals surface area contributed by atoms with Crippen molar-refractivity contribution in [2.45, 2.75) is 52.5 Å².